The fraction of sp³-hybridized carbons (Fsp3) is 0.316. The second-order valence-corrected chi connectivity index (χ2v) is 7.54. The minimum Gasteiger partial charge on any atom is -0.467 e. The van der Waals surface area contributed by atoms with Crippen LogP contribution in [0.2, 0.25) is 5.02 Å². The highest BCUT2D eigenvalue weighted by molar-refractivity contribution is 7.17. The minimum absolute atomic E-state index is 0.102. The third-order valence-electron chi connectivity index (χ3n) is 4.38. The predicted molar refractivity (Wildman–Crippen MR) is 105 cm³/mol. The summed E-state index contributed by atoms with van der Waals surface area (Å²) in [6.45, 7) is 1.17. The van der Waals surface area contributed by atoms with Gasteiger partial charge in [0.2, 0.25) is 5.88 Å². The number of hydrogen-bond donors (Lipinski definition) is 1. The van der Waals surface area contributed by atoms with Crippen molar-refractivity contribution in [2.24, 2.45) is 0 Å². The van der Waals surface area contributed by atoms with E-state index in [-0.39, 0.29) is 18.6 Å². The second kappa shape index (κ2) is 8.21. The summed E-state index contributed by atoms with van der Waals surface area (Å²) in [5.74, 6) is 0.207. The van der Waals surface area contributed by atoms with Gasteiger partial charge in [-0.25, -0.2) is 9.97 Å². The van der Waals surface area contributed by atoms with Crippen molar-refractivity contribution in [3.8, 4) is 17.0 Å². The van der Waals surface area contributed by atoms with Gasteiger partial charge in [-0.05, 0) is 30.5 Å². The summed E-state index contributed by atoms with van der Waals surface area (Å²) in [5, 5.41) is 6.33. The molecule has 0 spiro atoms. The molecule has 4 rings (SSSR count). The van der Waals surface area contributed by atoms with Crippen molar-refractivity contribution in [2.45, 2.75) is 18.9 Å². The van der Waals surface area contributed by atoms with Gasteiger partial charge in [0, 0.05) is 29.1 Å². The van der Waals surface area contributed by atoms with E-state index in [4.69, 9.17) is 21.1 Å². The van der Waals surface area contributed by atoms with E-state index in [0.29, 0.717) is 17.4 Å². The van der Waals surface area contributed by atoms with E-state index >= 15 is 0 Å². The molecule has 1 aliphatic rings. The first kappa shape index (κ1) is 18.2. The lowest BCUT2D eigenvalue weighted by Gasteiger charge is -2.11. The van der Waals surface area contributed by atoms with Crippen molar-refractivity contribution < 1.29 is 14.3 Å². The summed E-state index contributed by atoms with van der Waals surface area (Å²) in [6.07, 6.45) is 3.58. The van der Waals surface area contributed by atoms with Crippen LogP contribution in [-0.2, 0) is 9.53 Å². The van der Waals surface area contributed by atoms with Gasteiger partial charge in [0.15, 0.2) is 6.61 Å². The summed E-state index contributed by atoms with van der Waals surface area (Å²) in [4.78, 5) is 21.4. The minimum atomic E-state index is -0.194. The number of carbonyl (C=O) groups excluding carboxylic acids is 1. The highest BCUT2D eigenvalue weighted by Crippen LogP contribution is 2.37. The number of nitrogens with one attached hydrogen (secondary N) is 1. The molecule has 1 fully saturated rings. The maximum atomic E-state index is 12.1. The van der Waals surface area contributed by atoms with Crippen LogP contribution in [0.5, 0.6) is 5.88 Å². The van der Waals surface area contributed by atoms with Gasteiger partial charge in [0.1, 0.15) is 11.2 Å². The molecule has 1 aromatic carbocycles. The molecular weight excluding hydrogens is 386 g/mol. The molecule has 1 saturated heterocycles. The Morgan fingerprint density at radius 1 is 1.33 bits per heavy atom. The molecule has 2 aromatic heterocycles. The van der Waals surface area contributed by atoms with Crippen molar-refractivity contribution in [1.29, 1.82) is 0 Å². The van der Waals surface area contributed by atoms with Crippen LogP contribution in [0.15, 0.2) is 36.0 Å². The fourth-order valence-electron chi connectivity index (χ4n) is 3.02. The third-order valence-corrected chi connectivity index (χ3v) is 5.52. The predicted octanol–water partition coefficient (Wildman–Crippen LogP) is 3.69. The summed E-state index contributed by atoms with van der Waals surface area (Å²) < 4.78 is 11.2. The largest absolute Gasteiger partial charge is 0.467 e. The van der Waals surface area contributed by atoms with Crippen LogP contribution >= 0.6 is 22.9 Å². The summed E-state index contributed by atoms with van der Waals surface area (Å²) >= 11 is 7.49. The molecule has 1 N–H and O–H groups in total. The highest BCUT2D eigenvalue weighted by Gasteiger charge is 2.18. The van der Waals surface area contributed by atoms with E-state index in [1.165, 1.54) is 17.7 Å². The van der Waals surface area contributed by atoms with Crippen molar-refractivity contribution in [3.63, 3.8) is 0 Å². The normalized spacial score (nSPS) is 16.6. The number of fused-ring (bicyclic) bond motifs is 1. The topological polar surface area (TPSA) is 73.3 Å². The lowest BCUT2D eigenvalue weighted by Crippen LogP contribution is -2.35. The zero-order valence-electron chi connectivity index (χ0n) is 14.5. The highest BCUT2D eigenvalue weighted by atomic mass is 35.5. The van der Waals surface area contributed by atoms with E-state index in [2.05, 4.69) is 15.3 Å². The molecular formula is C19H18ClN3O3S. The fourth-order valence-corrected chi connectivity index (χ4v) is 4.05. The van der Waals surface area contributed by atoms with Gasteiger partial charge in [-0.1, -0.05) is 23.7 Å². The molecule has 1 aliphatic heterocycles. The van der Waals surface area contributed by atoms with Crippen LogP contribution < -0.4 is 10.1 Å². The summed E-state index contributed by atoms with van der Waals surface area (Å²) in [5.41, 5.74) is 1.95. The average Bonchev–Trinajstić information content (AvgIpc) is 3.35. The number of rotatable bonds is 6. The maximum Gasteiger partial charge on any atom is 0.258 e. The third kappa shape index (κ3) is 4.21. The van der Waals surface area contributed by atoms with Crippen LogP contribution in [0.1, 0.15) is 12.8 Å². The van der Waals surface area contributed by atoms with E-state index in [1.807, 2.05) is 29.6 Å². The molecule has 6 nitrogen and oxygen atoms in total. The number of aromatic nitrogens is 2. The van der Waals surface area contributed by atoms with E-state index in [1.54, 1.807) is 0 Å². The molecule has 0 aliphatic carbocycles. The number of ether oxygens (including phenoxy) is 2. The van der Waals surface area contributed by atoms with Crippen molar-refractivity contribution >= 4 is 39.1 Å². The van der Waals surface area contributed by atoms with Crippen LogP contribution in [0.25, 0.3) is 21.3 Å². The first-order chi connectivity index (χ1) is 13.2. The van der Waals surface area contributed by atoms with Gasteiger partial charge in [0.25, 0.3) is 5.91 Å². The van der Waals surface area contributed by atoms with Crippen molar-refractivity contribution in [3.05, 3.63) is 41.0 Å². The van der Waals surface area contributed by atoms with Crippen LogP contribution in [-0.4, -0.2) is 41.7 Å². The molecule has 1 amide bonds. The first-order valence-electron chi connectivity index (χ1n) is 8.70. The van der Waals surface area contributed by atoms with Crippen LogP contribution in [0, 0.1) is 0 Å². The summed E-state index contributed by atoms with van der Waals surface area (Å²) in [6, 6.07) is 7.55. The number of hydrogen-bond acceptors (Lipinski definition) is 6. The Bertz CT molecular complexity index is 939. The Labute approximate surface area is 165 Å². The van der Waals surface area contributed by atoms with Gasteiger partial charge >= 0.3 is 0 Å². The molecule has 3 aromatic rings. The lowest BCUT2D eigenvalue weighted by atomic mass is 10.1. The van der Waals surface area contributed by atoms with Gasteiger partial charge < -0.3 is 14.8 Å². The quantitative estimate of drug-likeness (QED) is 0.679. The summed E-state index contributed by atoms with van der Waals surface area (Å²) in [7, 11) is 0. The average molecular weight is 404 g/mol. The Kier molecular flexibility index (Phi) is 5.52. The second-order valence-electron chi connectivity index (χ2n) is 6.24. The Morgan fingerprint density at radius 3 is 2.96 bits per heavy atom. The smallest absolute Gasteiger partial charge is 0.258 e. The molecule has 0 radical (unpaired) electrons. The molecule has 0 bridgehead atoms. The molecule has 1 atom stereocenters. The number of halogens is 1. The van der Waals surface area contributed by atoms with Gasteiger partial charge in [0.05, 0.1) is 11.5 Å². The zero-order valence-corrected chi connectivity index (χ0v) is 16.1. The standard InChI is InChI=1S/C19H18ClN3O3S/c20-13-5-3-12(4-6-13)15-10-27-19-17(15)18(22-11-23-19)26-9-16(24)21-8-14-2-1-7-25-14/h3-6,10-11,14H,1-2,7-9H2,(H,21,24)/t14-/m1/s1. The van der Waals surface area contributed by atoms with Gasteiger partial charge in [-0.3, -0.25) is 4.79 Å². The monoisotopic (exact) mass is 403 g/mol. The Morgan fingerprint density at radius 2 is 2.19 bits per heavy atom. The van der Waals surface area contributed by atoms with E-state index < -0.39 is 0 Å². The van der Waals surface area contributed by atoms with E-state index in [9.17, 15) is 4.79 Å². The Hall–Kier alpha value is -2.22. The number of carbonyl (C=O) groups is 1. The van der Waals surface area contributed by atoms with Crippen LogP contribution in [0.4, 0.5) is 0 Å². The first-order valence-corrected chi connectivity index (χ1v) is 9.95. The van der Waals surface area contributed by atoms with E-state index in [0.717, 1.165) is 40.8 Å². The van der Waals surface area contributed by atoms with Crippen molar-refractivity contribution in [2.75, 3.05) is 19.8 Å². The number of amides is 1. The number of nitrogens with zero attached hydrogens (tertiary/aromatic N) is 2. The van der Waals surface area contributed by atoms with Crippen molar-refractivity contribution in [1.82, 2.24) is 15.3 Å². The lowest BCUT2D eigenvalue weighted by molar-refractivity contribution is -0.123. The van der Waals surface area contributed by atoms with Gasteiger partial charge in [-0.15, -0.1) is 11.3 Å². The Balaban J connectivity index is 1.49. The molecule has 0 saturated carbocycles. The maximum absolute atomic E-state index is 12.1. The molecule has 3 heterocycles. The molecule has 0 unspecified atom stereocenters. The van der Waals surface area contributed by atoms with Crippen LogP contribution in [0.3, 0.4) is 0 Å². The number of benzene rings is 1. The number of thiophene rings is 1. The molecule has 8 heteroatoms. The molecule has 27 heavy (non-hydrogen) atoms. The zero-order chi connectivity index (χ0) is 18.6. The van der Waals surface area contributed by atoms with Gasteiger partial charge in [-0.2, -0.15) is 0 Å². The SMILES string of the molecule is O=C(COc1ncnc2scc(-c3ccc(Cl)cc3)c12)NC[C@H]1CCCO1. The molecule has 140 valence electrons.